The van der Waals surface area contributed by atoms with E-state index in [1.54, 1.807) is 38.4 Å². The van der Waals surface area contributed by atoms with Crippen LogP contribution in [0.2, 0.25) is 0 Å². The van der Waals surface area contributed by atoms with Crippen molar-refractivity contribution in [3.63, 3.8) is 0 Å². The number of amides is 1. The molecule has 1 aliphatic rings. The number of aryl methyl sites for hydroxylation is 1. The predicted molar refractivity (Wildman–Crippen MR) is 139 cm³/mol. The van der Waals surface area contributed by atoms with E-state index in [-0.39, 0.29) is 18.5 Å². The summed E-state index contributed by atoms with van der Waals surface area (Å²) in [5.74, 6) is 0.470. The number of nitrogens with one attached hydrogen (secondary N) is 2. The van der Waals surface area contributed by atoms with Crippen molar-refractivity contribution in [2.45, 2.75) is 63.9 Å². The number of halogens is 3. The van der Waals surface area contributed by atoms with Crippen molar-refractivity contribution in [3.05, 3.63) is 75.7 Å². The van der Waals surface area contributed by atoms with Crippen molar-refractivity contribution in [1.82, 2.24) is 24.6 Å². The Morgan fingerprint density at radius 3 is 2.54 bits per heavy atom. The number of hydrogen-bond acceptors (Lipinski definition) is 6. The van der Waals surface area contributed by atoms with Crippen LogP contribution < -0.4 is 16.2 Å². The van der Waals surface area contributed by atoms with Crippen LogP contribution in [0.15, 0.2) is 47.7 Å². The first-order chi connectivity index (χ1) is 18.2. The standard InChI is InChI=1S/C27H33F3N6O3/c1-17-10-26(11-17,24-34-32-16-35(24)4)19-6-5-7-20(9-19)33-22(37)21-8-18(12-31-14-25(2,3)39)13-36(23(21)38)15-27(28,29)30/h5-9,13,16-17,31,39H,10-12,14-15H2,1-4H3,(H,33,37). The molecule has 1 saturated carbocycles. The molecule has 9 nitrogen and oxygen atoms in total. The zero-order chi connectivity index (χ0) is 28.6. The predicted octanol–water partition coefficient (Wildman–Crippen LogP) is 3.37. The van der Waals surface area contributed by atoms with Gasteiger partial charge >= 0.3 is 6.18 Å². The maximum absolute atomic E-state index is 13.2. The molecule has 3 N–H and O–H groups in total. The molecule has 2 aromatic heterocycles. The summed E-state index contributed by atoms with van der Waals surface area (Å²) in [7, 11) is 1.88. The van der Waals surface area contributed by atoms with Gasteiger partial charge in [-0.1, -0.05) is 19.1 Å². The van der Waals surface area contributed by atoms with Crippen molar-refractivity contribution in [1.29, 1.82) is 0 Å². The molecule has 0 saturated heterocycles. The summed E-state index contributed by atoms with van der Waals surface area (Å²) in [5, 5.41) is 23.9. The highest BCUT2D eigenvalue weighted by Gasteiger charge is 2.48. The fraction of sp³-hybridized carbons (Fsp3) is 0.481. The van der Waals surface area contributed by atoms with E-state index in [9.17, 15) is 27.9 Å². The first-order valence-corrected chi connectivity index (χ1v) is 12.7. The average Bonchev–Trinajstić information content (AvgIpc) is 3.23. The Kier molecular flexibility index (Phi) is 7.72. The summed E-state index contributed by atoms with van der Waals surface area (Å²) < 4.78 is 41.9. The Morgan fingerprint density at radius 2 is 1.95 bits per heavy atom. The van der Waals surface area contributed by atoms with Gasteiger partial charge in [-0.05, 0) is 61.9 Å². The van der Waals surface area contributed by atoms with Crippen LogP contribution in [-0.2, 0) is 25.6 Å². The molecule has 0 atom stereocenters. The van der Waals surface area contributed by atoms with Gasteiger partial charge in [0.2, 0.25) is 0 Å². The zero-order valence-corrected chi connectivity index (χ0v) is 22.3. The Hall–Kier alpha value is -3.51. The minimum atomic E-state index is -4.65. The van der Waals surface area contributed by atoms with Crippen molar-refractivity contribution >= 4 is 11.6 Å². The first kappa shape index (κ1) is 28.5. The number of pyridine rings is 1. The molecule has 0 unspecified atom stereocenters. The van der Waals surface area contributed by atoms with Crippen LogP contribution in [0.5, 0.6) is 0 Å². The molecule has 0 bridgehead atoms. The van der Waals surface area contributed by atoms with Crippen LogP contribution in [0.1, 0.15) is 60.9 Å². The molecule has 3 aromatic rings. The average molecular weight is 547 g/mol. The van der Waals surface area contributed by atoms with Crippen molar-refractivity contribution < 1.29 is 23.1 Å². The van der Waals surface area contributed by atoms with E-state index in [2.05, 4.69) is 27.8 Å². The maximum atomic E-state index is 13.2. The largest absolute Gasteiger partial charge is 0.406 e. The molecule has 4 rings (SSSR count). The normalized spacial score (nSPS) is 19.5. The lowest BCUT2D eigenvalue weighted by Crippen LogP contribution is -2.43. The van der Waals surface area contributed by atoms with Gasteiger partial charge in [0.25, 0.3) is 11.5 Å². The number of carbonyl (C=O) groups excluding carboxylic acids is 1. The minimum absolute atomic E-state index is 0.0519. The van der Waals surface area contributed by atoms with Gasteiger partial charge in [-0.2, -0.15) is 13.2 Å². The van der Waals surface area contributed by atoms with Crippen LogP contribution in [0.4, 0.5) is 18.9 Å². The molecule has 0 spiro atoms. The molecular weight excluding hydrogens is 513 g/mol. The van der Waals surface area contributed by atoms with E-state index in [0.29, 0.717) is 21.7 Å². The Balaban J connectivity index is 1.63. The number of alkyl halides is 3. The SMILES string of the molecule is CC1CC(c2cccc(NC(=O)c3cc(CNCC(C)(C)O)cn(CC(F)(F)F)c3=O)c2)(c2nncn2C)C1. The number of rotatable bonds is 9. The van der Waals surface area contributed by atoms with Gasteiger partial charge in [0.05, 0.1) is 11.0 Å². The summed E-state index contributed by atoms with van der Waals surface area (Å²) in [6.07, 6.45) is -0.245. The van der Waals surface area contributed by atoms with E-state index in [1.807, 2.05) is 17.7 Å². The van der Waals surface area contributed by atoms with E-state index < -0.39 is 35.4 Å². The quantitative estimate of drug-likeness (QED) is 0.379. The third kappa shape index (κ3) is 6.56. The summed E-state index contributed by atoms with van der Waals surface area (Å²) in [6, 6.07) is 8.48. The van der Waals surface area contributed by atoms with E-state index in [1.165, 1.54) is 6.07 Å². The molecule has 12 heteroatoms. The number of benzene rings is 1. The molecule has 1 aromatic carbocycles. The molecule has 0 aliphatic heterocycles. The lowest BCUT2D eigenvalue weighted by Gasteiger charge is -2.46. The number of hydrogen-bond donors (Lipinski definition) is 3. The van der Waals surface area contributed by atoms with Gasteiger partial charge in [-0.15, -0.1) is 10.2 Å². The van der Waals surface area contributed by atoms with Crippen molar-refractivity contribution in [2.24, 2.45) is 13.0 Å². The number of aromatic nitrogens is 4. The third-order valence-electron chi connectivity index (χ3n) is 6.83. The van der Waals surface area contributed by atoms with E-state index in [4.69, 9.17) is 0 Å². The van der Waals surface area contributed by atoms with Gasteiger partial charge in [0, 0.05) is 32.0 Å². The second-order valence-electron chi connectivity index (χ2n) is 11.1. The topological polar surface area (TPSA) is 114 Å². The first-order valence-electron chi connectivity index (χ1n) is 12.7. The number of aliphatic hydroxyl groups is 1. The summed E-state index contributed by atoms with van der Waals surface area (Å²) in [6.45, 7) is 3.99. The summed E-state index contributed by atoms with van der Waals surface area (Å²) in [5.41, 5.74) is -1.25. The van der Waals surface area contributed by atoms with Gasteiger partial charge in [0.15, 0.2) is 0 Å². The fourth-order valence-corrected chi connectivity index (χ4v) is 5.27. The van der Waals surface area contributed by atoms with Crippen LogP contribution in [0.3, 0.4) is 0 Å². The fourth-order valence-electron chi connectivity index (χ4n) is 5.27. The molecule has 210 valence electrons. The summed E-state index contributed by atoms with van der Waals surface area (Å²) >= 11 is 0. The zero-order valence-electron chi connectivity index (χ0n) is 22.3. The van der Waals surface area contributed by atoms with E-state index in [0.717, 1.165) is 30.4 Å². The number of nitrogens with zero attached hydrogens (tertiary/aromatic N) is 4. The molecule has 1 amide bonds. The van der Waals surface area contributed by atoms with Gasteiger partial charge in [-0.25, -0.2) is 0 Å². The highest BCUT2D eigenvalue weighted by Crippen LogP contribution is 2.51. The van der Waals surface area contributed by atoms with Crippen LogP contribution in [-0.4, -0.2) is 48.7 Å². The maximum Gasteiger partial charge on any atom is 0.406 e. The van der Waals surface area contributed by atoms with Crippen LogP contribution >= 0.6 is 0 Å². The Labute approximate surface area is 224 Å². The van der Waals surface area contributed by atoms with Crippen molar-refractivity contribution in [3.8, 4) is 0 Å². The van der Waals surface area contributed by atoms with Gasteiger partial charge in [0.1, 0.15) is 24.3 Å². The Morgan fingerprint density at radius 1 is 1.23 bits per heavy atom. The monoisotopic (exact) mass is 546 g/mol. The molecule has 0 radical (unpaired) electrons. The highest BCUT2D eigenvalue weighted by molar-refractivity contribution is 6.04. The van der Waals surface area contributed by atoms with Crippen LogP contribution in [0, 0.1) is 5.92 Å². The smallest absolute Gasteiger partial charge is 0.389 e. The molecule has 2 heterocycles. The van der Waals surface area contributed by atoms with Crippen LogP contribution in [0.25, 0.3) is 0 Å². The van der Waals surface area contributed by atoms with E-state index >= 15 is 0 Å². The molecule has 1 fully saturated rings. The molecule has 39 heavy (non-hydrogen) atoms. The Bertz CT molecular complexity index is 1400. The van der Waals surface area contributed by atoms with Gasteiger partial charge < -0.3 is 24.9 Å². The van der Waals surface area contributed by atoms with Gasteiger partial charge in [-0.3, -0.25) is 9.59 Å². The second-order valence-corrected chi connectivity index (χ2v) is 11.1. The lowest BCUT2D eigenvalue weighted by molar-refractivity contribution is -0.141. The highest BCUT2D eigenvalue weighted by atomic mass is 19.4. The second kappa shape index (κ2) is 10.6. The lowest BCUT2D eigenvalue weighted by atomic mass is 9.58. The van der Waals surface area contributed by atoms with Crippen molar-refractivity contribution in [2.75, 3.05) is 11.9 Å². The number of anilines is 1. The molecular formula is C27H33F3N6O3. The third-order valence-corrected chi connectivity index (χ3v) is 6.83. The summed E-state index contributed by atoms with van der Waals surface area (Å²) in [4.78, 5) is 26.1. The molecule has 1 aliphatic carbocycles. The number of carbonyl (C=O) groups is 1. The minimum Gasteiger partial charge on any atom is -0.389 e.